The van der Waals surface area contributed by atoms with Gasteiger partial charge in [0.2, 0.25) is 5.91 Å². The number of phenols is 1. The van der Waals surface area contributed by atoms with E-state index >= 15 is 0 Å². The molecule has 0 aliphatic rings. The first-order valence-electron chi connectivity index (χ1n) is 13.2. The maximum absolute atomic E-state index is 11.9. The van der Waals surface area contributed by atoms with Crippen molar-refractivity contribution in [3.63, 3.8) is 0 Å². The second-order valence-electron chi connectivity index (χ2n) is 9.86. The Morgan fingerprint density at radius 1 is 0.872 bits per heavy atom. The summed E-state index contributed by atoms with van der Waals surface area (Å²) in [5.74, 6) is 0.584. The van der Waals surface area contributed by atoms with Crippen LogP contribution in [0.5, 0.6) is 11.5 Å². The van der Waals surface area contributed by atoms with Gasteiger partial charge in [-0.15, -0.1) is 0 Å². The SMILES string of the molecule is CC(=O)Nc1cc([C@H](O)CN(Cc2ccccc2)[C@H](C)Cc2ccc(O)cc2)ccc1OCc1ccccc1. The van der Waals surface area contributed by atoms with Crippen molar-refractivity contribution < 1.29 is 19.7 Å². The van der Waals surface area contributed by atoms with Crippen LogP contribution >= 0.6 is 0 Å². The summed E-state index contributed by atoms with van der Waals surface area (Å²) in [5.41, 5.74) is 4.52. The molecular weight excluding hydrogens is 488 g/mol. The smallest absolute Gasteiger partial charge is 0.221 e. The van der Waals surface area contributed by atoms with Crippen molar-refractivity contribution in [1.29, 1.82) is 0 Å². The zero-order chi connectivity index (χ0) is 27.6. The first-order valence-corrected chi connectivity index (χ1v) is 13.2. The topological polar surface area (TPSA) is 82.0 Å². The van der Waals surface area contributed by atoms with E-state index < -0.39 is 6.10 Å². The number of amides is 1. The van der Waals surface area contributed by atoms with Crippen LogP contribution < -0.4 is 10.1 Å². The summed E-state index contributed by atoms with van der Waals surface area (Å²) in [4.78, 5) is 14.2. The first-order chi connectivity index (χ1) is 18.9. The number of hydrogen-bond acceptors (Lipinski definition) is 5. The number of carbonyl (C=O) groups is 1. The molecule has 6 heteroatoms. The summed E-state index contributed by atoms with van der Waals surface area (Å²) < 4.78 is 6.01. The molecule has 0 aromatic heterocycles. The lowest BCUT2D eigenvalue weighted by Gasteiger charge is -2.31. The number of aromatic hydroxyl groups is 1. The van der Waals surface area contributed by atoms with Gasteiger partial charge in [-0.1, -0.05) is 78.9 Å². The average Bonchev–Trinajstić information content (AvgIpc) is 2.94. The van der Waals surface area contributed by atoms with Gasteiger partial charge >= 0.3 is 0 Å². The highest BCUT2D eigenvalue weighted by molar-refractivity contribution is 5.90. The summed E-state index contributed by atoms with van der Waals surface area (Å²) in [5, 5.41) is 23.8. The molecule has 0 heterocycles. The standard InChI is InChI=1S/C33H36N2O4/c1-24(19-26-13-16-30(37)17-14-26)35(21-27-9-5-3-6-10-27)22-32(38)29-15-18-33(31(20-29)34-25(2)36)39-23-28-11-7-4-8-12-28/h3-18,20,24,32,37-38H,19,21-23H2,1-2H3,(H,34,36)/t24-,32-/m1/s1. The van der Waals surface area contributed by atoms with Crippen LogP contribution in [0.4, 0.5) is 5.69 Å². The van der Waals surface area contributed by atoms with Crippen molar-refractivity contribution in [3.8, 4) is 11.5 Å². The van der Waals surface area contributed by atoms with Gasteiger partial charge in [-0.2, -0.15) is 0 Å². The third-order valence-electron chi connectivity index (χ3n) is 6.66. The van der Waals surface area contributed by atoms with Crippen LogP contribution in [0.1, 0.15) is 42.2 Å². The van der Waals surface area contributed by atoms with Crippen LogP contribution in [0.3, 0.4) is 0 Å². The molecule has 0 unspecified atom stereocenters. The summed E-state index contributed by atoms with van der Waals surface area (Å²) in [6.07, 6.45) is -0.0184. The summed E-state index contributed by atoms with van der Waals surface area (Å²) in [6, 6.07) is 32.8. The predicted molar refractivity (Wildman–Crippen MR) is 155 cm³/mol. The number of hydrogen-bond donors (Lipinski definition) is 3. The van der Waals surface area contributed by atoms with Gasteiger partial charge in [-0.05, 0) is 59.9 Å². The Morgan fingerprint density at radius 2 is 1.51 bits per heavy atom. The number of carbonyl (C=O) groups excluding carboxylic acids is 1. The summed E-state index contributed by atoms with van der Waals surface area (Å²) in [6.45, 7) is 5.04. The minimum atomic E-state index is -0.785. The molecule has 0 aliphatic carbocycles. The molecule has 0 saturated carbocycles. The quantitative estimate of drug-likeness (QED) is 0.209. The van der Waals surface area contributed by atoms with E-state index in [1.165, 1.54) is 6.92 Å². The third kappa shape index (κ3) is 8.43. The fourth-order valence-electron chi connectivity index (χ4n) is 4.55. The zero-order valence-corrected chi connectivity index (χ0v) is 22.5. The molecule has 0 bridgehead atoms. The molecule has 0 aliphatic heterocycles. The molecule has 6 nitrogen and oxygen atoms in total. The third-order valence-corrected chi connectivity index (χ3v) is 6.66. The highest BCUT2D eigenvalue weighted by Gasteiger charge is 2.21. The van der Waals surface area contributed by atoms with Crippen molar-refractivity contribution >= 4 is 11.6 Å². The van der Waals surface area contributed by atoms with E-state index in [1.54, 1.807) is 24.3 Å². The van der Waals surface area contributed by atoms with Crippen LogP contribution in [0.15, 0.2) is 103 Å². The van der Waals surface area contributed by atoms with E-state index in [0.717, 1.165) is 23.1 Å². The molecule has 202 valence electrons. The van der Waals surface area contributed by atoms with Gasteiger partial charge < -0.3 is 20.3 Å². The normalized spacial score (nSPS) is 12.6. The number of benzene rings is 4. The largest absolute Gasteiger partial charge is 0.508 e. The van der Waals surface area contributed by atoms with Crippen molar-refractivity contribution in [2.45, 2.75) is 45.6 Å². The van der Waals surface area contributed by atoms with Gasteiger partial charge in [-0.3, -0.25) is 9.69 Å². The van der Waals surface area contributed by atoms with Gasteiger partial charge in [0, 0.05) is 26.1 Å². The number of ether oxygens (including phenoxy) is 1. The molecule has 4 rings (SSSR count). The van der Waals surface area contributed by atoms with Gasteiger partial charge in [0.05, 0.1) is 11.8 Å². The predicted octanol–water partition coefficient (Wildman–Crippen LogP) is 6.10. The maximum Gasteiger partial charge on any atom is 0.221 e. The molecule has 3 N–H and O–H groups in total. The van der Waals surface area contributed by atoms with E-state index in [0.29, 0.717) is 36.7 Å². The molecule has 2 atom stereocenters. The number of nitrogens with one attached hydrogen (secondary N) is 1. The van der Waals surface area contributed by atoms with Gasteiger partial charge in [0.25, 0.3) is 0 Å². The average molecular weight is 525 g/mol. The van der Waals surface area contributed by atoms with E-state index in [1.807, 2.05) is 66.7 Å². The molecular formula is C33H36N2O4. The Kier molecular flexibility index (Phi) is 9.73. The Labute approximate surface area is 230 Å². The lowest BCUT2D eigenvalue weighted by molar-refractivity contribution is -0.114. The molecule has 0 radical (unpaired) electrons. The Balaban J connectivity index is 1.52. The lowest BCUT2D eigenvalue weighted by atomic mass is 10.0. The van der Waals surface area contributed by atoms with Crippen LogP contribution in [-0.2, 0) is 24.4 Å². The summed E-state index contributed by atoms with van der Waals surface area (Å²) >= 11 is 0. The van der Waals surface area contributed by atoms with Crippen LogP contribution in [0.2, 0.25) is 0 Å². The number of nitrogens with zero attached hydrogens (tertiary/aromatic N) is 1. The molecule has 0 fully saturated rings. The molecule has 0 saturated heterocycles. The molecule has 4 aromatic carbocycles. The number of rotatable bonds is 12. The zero-order valence-electron chi connectivity index (χ0n) is 22.5. The van der Waals surface area contributed by atoms with Gasteiger partial charge in [-0.25, -0.2) is 0 Å². The second-order valence-corrected chi connectivity index (χ2v) is 9.86. The minimum absolute atomic E-state index is 0.118. The van der Waals surface area contributed by atoms with Gasteiger partial charge in [0.1, 0.15) is 18.1 Å². The first kappa shape index (κ1) is 27.9. The highest BCUT2D eigenvalue weighted by Crippen LogP contribution is 2.30. The highest BCUT2D eigenvalue weighted by atomic mass is 16.5. The number of phenolic OH excluding ortho intramolecular Hbond substituents is 1. The Morgan fingerprint density at radius 3 is 2.15 bits per heavy atom. The number of aliphatic hydroxyl groups is 1. The second kappa shape index (κ2) is 13.6. The lowest BCUT2D eigenvalue weighted by Crippen LogP contribution is -2.37. The van der Waals surface area contributed by atoms with Gasteiger partial charge in [0.15, 0.2) is 0 Å². The number of anilines is 1. The van der Waals surface area contributed by atoms with E-state index in [4.69, 9.17) is 4.74 Å². The Hall–Kier alpha value is -4.13. The minimum Gasteiger partial charge on any atom is -0.508 e. The molecule has 39 heavy (non-hydrogen) atoms. The number of aliphatic hydroxyl groups excluding tert-OH is 1. The maximum atomic E-state index is 11.9. The molecule has 0 spiro atoms. The van der Waals surface area contributed by atoms with Crippen molar-refractivity contribution in [2.24, 2.45) is 0 Å². The van der Waals surface area contributed by atoms with Crippen molar-refractivity contribution in [1.82, 2.24) is 4.90 Å². The van der Waals surface area contributed by atoms with Crippen molar-refractivity contribution in [2.75, 3.05) is 11.9 Å². The van der Waals surface area contributed by atoms with E-state index in [2.05, 4.69) is 29.3 Å². The monoisotopic (exact) mass is 524 g/mol. The molecule has 4 aromatic rings. The fraction of sp³-hybridized carbons (Fsp3) is 0.242. The van der Waals surface area contributed by atoms with Crippen molar-refractivity contribution in [3.05, 3.63) is 125 Å². The summed E-state index contributed by atoms with van der Waals surface area (Å²) in [7, 11) is 0. The van der Waals surface area contributed by atoms with E-state index in [9.17, 15) is 15.0 Å². The van der Waals surface area contributed by atoms with Crippen LogP contribution in [0.25, 0.3) is 0 Å². The van der Waals surface area contributed by atoms with Crippen LogP contribution in [0, 0.1) is 0 Å². The van der Waals surface area contributed by atoms with Crippen LogP contribution in [-0.4, -0.2) is 33.6 Å². The Bertz CT molecular complexity index is 1330. The fourth-order valence-corrected chi connectivity index (χ4v) is 4.55. The molecule has 1 amide bonds. The van der Waals surface area contributed by atoms with E-state index in [-0.39, 0.29) is 17.7 Å².